The molecule has 0 aliphatic carbocycles. The maximum Gasteiger partial charge on any atom is 0.303 e. The Morgan fingerprint density at radius 1 is 1.00 bits per heavy atom. The van der Waals surface area contributed by atoms with Gasteiger partial charge in [0.2, 0.25) is 0 Å². The summed E-state index contributed by atoms with van der Waals surface area (Å²) >= 11 is 0. The molecule has 144 valence electrons. The lowest BCUT2D eigenvalue weighted by Crippen LogP contribution is -2.31. The van der Waals surface area contributed by atoms with Crippen LogP contribution >= 0.6 is 0 Å². The molecule has 0 bridgehead atoms. The van der Waals surface area contributed by atoms with Crippen LogP contribution < -0.4 is 0 Å². The maximum absolute atomic E-state index is 12.8. The van der Waals surface area contributed by atoms with Crippen molar-refractivity contribution in [2.24, 2.45) is 0 Å². The van der Waals surface area contributed by atoms with E-state index in [1.165, 1.54) is 4.90 Å². The molecule has 1 aliphatic heterocycles. The zero-order valence-electron chi connectivity index (χ0n) is 15.5. The first-order valence-electron chi connectivity index (χ1n) is 9.02. The monoisotopic (exact) mass is 379 g/mol. The van der Waals surface area contributed by atoms with Crippen molar-refractivity contribution in [2.45, 2.75) is 25.8 Å². The average molecular weight is 379 g/mol. The van der Waals surface area contributed by atoms with E-state index in [1.807, 2.05) is 31.2 Å². The predicted octanol–water partition coefficient (Wildman–Crippen LogP) is 3.28. The first-order chi connectivity index (χ1) is 13.4. The van der Waals surface area contributed by atoms with Gasteiger partial charge in [0.05, 0.1) is 11.6 Å². The number of aliphatic hydroxyl groups excluding tert-OH is 1. The van der Waals surface area contributed by atoms with Crippen molar-refractivity contribution in [1.82, 2.24) is 4.90 Å². The van der Waals surface area contributed by atoms with Gasteiger partial charge in [-0.2, -0.15) is 0 Å². The number of carboxylic acid groups (broad SMARTS) is 1. The fraction of sp³-hybridized carbons (Fsp3) is 0.227. The summed E-state index contributed by atoms with van der Waals surface area (Å²) in [5.41, 5.74) is 2.19. The molecular weight excluding hydrogens is 358 g/mol. The molecule has 0 aromatic heterocycles. The van der Waals surface area contributed by atoms with Crippen LogP contribution in [0.5, 0.6) is 0 Å². The Balaban J connectivity index is 2.08. The quantitative estimate of drug-likeness (QED) is 0.456. The number of benzene rings is 2. The number of rotatable bonds is 6. The lowest BCUT2D eigenvalue weighted by atomic mass is 9.94. The van der Waals surface area contributed by atoms with E-state index in [-0.39, 0.29) is 30.7 Å². The molecule has 0 spiro atoms. The molecule has 1 heterocycles. The number of ketones is 1. The van der Waals surface area contributed by atoms with Crippen LogP contribution in [0.2, 0.25) is 0 Å². The number of carbonyl (C=O) groups excluding carboxylic acids is 2. The fourth-order valence-corrected chi connectivity index (χ4v) is 3.36. The number of aliphatic carboxylic acids is 1. The van der Waals surface area contributed by atoms with Crippen LogP contribution in [-0.4, -0.2) is 39.3 Å². The van der Waals surface area contributed by atoms with Gasteiger partial charge in [0.25, 0.3) is 11.7 Å². The number of Topliss-reactive ketones (excluding diaryl/α,β-unsaturated/α-hetero) is 1. The lowest BCUT2D eigenvalue weighted by Gasteiger charge is -2.25. The largest absolute Gasteiger partial charge is 0.507 e. The molecule has 6 nitrogen and oxygen atoms in total. The van der Waals surface area contributed by atoms with Crippen LogP contribution in [0.25, 0.3) is 5.76 Å². The van der Waals surface area contributed by atoms with E-state index < -0.39 is 23.7 Å². The summed E-state index contributed by atoms with van der Waals surface area (Å²) in [6.07, 6.45) is 0.110. The summed E-state index contributed by atoms with van der Waals surface area (Å²) in [5, 5.41) is 19.7. The standard InChI is InChI=1S/C22H21NO5/c1-14-9-11-15(12-10-14)19-18(20(26)16-6-3-2-4-7-16)21(27)22(28)23(19)13-5-8-17(24)25/h2-4,6-7,9-12,19,26H,5,8,13H2,1H3,(H,24,25)/t19-/m0/s1. The minimum absolute atomic E-state index is 0.0235. The molecule has 0 unspecified atom stereocenters. The fourth-order valence-electron chi connectivity index (χ4n) is 3.36. The van der Waals surface area contributed by atoms with Gasteiger partial charge in [0.15, 0.2) is 0 Å². The number of nitrogens with zero attached hydrogens (tertiary/aromatic N) is 1. The summed E-state index contributed by atoms with van der Waals surface area (Å²) in [5.74, 6) is -2.69. The Labute approximate surface area is 162 Å². The zero-order chi connectivity index (χ0) is 20.3. The van der Waals surface area contributed by atoms with Crippen LogP contribution in [0, 0.1) is 6.92 Å². The number of likely N-dealkylation sites (tertiary alicyclic amines) is 1. The minimum atomic E-state index is -0.965. The molecule has 1 fully saturated rings. The highest BCUT2D eigenvalue weighted by Crippen LogP contribution is 2.39. The van der Waals surface area contributed by atoms with Gasteiger partial charge >= 0.3 is 5.97 Å². The molecule has 6 heteroatoms. The number of carboxylic acids is 1. The van der Waals surface area contributed by atoms with E-state index in [4.69, 9.17) is 5.11 Å². The summed E-state index contributed by atoms with van der Waals surface area (Å²) in [7, 11) is 0. The Kier molecular flexibility index (Phi) is 5.59. The molecule has 2 aromatic carbocycles. The van der Waals surface area contributed by atoms with E-state index in [1.54, 1.807) is 30.3 Å². The van der Waals surface area contributed by atoms with E-state index in [0.717, 1.165) is 5.56 Å². The van der Waals surface area contributed by atoms with Crippen LogP contribution in [0.1, 0.15) is 35.6 Å². The Hall–Kier alpha value is -3.41. The van der Waals surface area contributed by atoms with Crippen LogP contribution in [0.3, 0.4) is 0 Å². The molecule has 1 saturated heterocycles. The van der Waals surface area contributed by atoms with Gasteiger partial charge in [-0.3, -0.25) is 14.4 Å². The van der Waals surface area contributed by atoms with E-state index in [2.05, 4.69) is 0 Å². The van der Waals surface area contributed by atoms with Crippen LogP contribution in [-0.2, 0) is 14.4 Å². The molecule has 0 radical (unpaired) electrons. The second-order valence-electron chi connectivity index (χ2n) is 6.77. The van der Waals surface area contributed by atoms with Gasteiger partial charge in [-0.15, -0.1) is 0 Å². The molecule has 1 amide bonds. The van der Waals surface area contributed by atoms with Gasteiger partial charge in [-0.05, 0) is 18.9 Å². The second-order valence-corrected chi connectivity index (χ2v) is 6.77. The number of aliphatic hydroxyl groups is 1. The first-order valence-corrected chi connectivity index (χ1v) is 9.02. The van der Waals surface area contributed by atoms with Crippen molar-refractivity contribution in [2.75, 3.05) is 6.54 Å². The molecular formula is C22H21NO5. The van der Waals surface area contributed by atoms with Crippen molar-refractivity contribution in [3.05, 3.63) is 76.9 Å². The van der Waals surface area contributed by atoms with E-state index >= 15 is 0 Å². The van der Waals surface area contributed by atoms with E-state index in [0.29, 0.717) is 11.1 Å². The maximum atomic E-state index is 12.8. The van der Waals surface area contributed by atoms with E-state index in [9.17, 15) is 19.5 Å². The normalized spacial score (nSPS) is 18.5. The third kappa shape index (κ3) is 3.81. The third-order valence-electron chi connectivity index (χ3n) is 4.77. The molecule has 28 heavy (non-hydrogen) atoms. The highest BCUT2D eigenvalue weighted by atomic mass is 16.4. The molecule has 0 saturated carbocycles. The third-order valence-corrected chi connectivity index (χ3v) is 4.77. The highest BCUT2D eigenvalue weighted by Gasteiger charge is 2.45. The first kappa shape index (κ1) is 19.4. The predicted molar refractivity (Wildman–Crippen MR) is 104 cm³/mol. The number of hydrogen-bond acceptors (Lipinski definition) is 4. The van der Waals surface area contributed by atoms with Crippen molar-refractivity contribution >= 4 is 23.4 Å². The Bertz CT molecular complexity index is 931. The topological polar surface area (TPSA) is 94.9 Å². The second kappa shape index (κ2) is 8.08. The summed E-state index contributed by atoms with van der Waals surface area (Å²) in [6, 6.07) is 15.2. The smallest absolute Gasteiger partial charge is 0.303 e. The SMILES string of the molecule is Cc1ccc([C@H]2C(=C(O)c3ccccc3)C(=O)C(=O)N2CCCC(=O)O)cc1. The Morgan fingerprint density at radius 2 is 1.64 bits per heavy atom. The summed E-state index contributed by atoms with van der Waals surface area (Å²) < 4.78 is 0. The van der Waals surface area contributed by atoms with Gasteiger partial charge in [0, 0.05) is 18.5 Å². The number of amides is 1. The highest BCUT2D eigenvalue weighted by molar-refractivity contribution is 6.46. The molecule has 2 aromatic rings. The van der Waals surface area contributed by atoms with Crippen molar-refractivity contribution in [3.63, 3.8) is 0 Å². The minimum Gasteiger partial charge on any atom is -0.507 e. The average Bonchev–Trinajstić information content (AvgIpc) is 2.93. The zero-order valence-corrected chi connectivity index (χ0v) is 15.5. The summed E-state index contributed by atoms with van der Waals surface area (Å²) in [4.78, 5) is 37.6. The van der Waals surface area contributed by atoms with Gasteiger partial charge in [-0.1, -0.05) is 60.2 Å². The van der Waals surface area contributed by atoms with Crippen molar-refractivity contribution < 1.29 is 24.6 Å². The van der Waals surface area contributed by atoms with Crippen molar-refractivity contribution in [3.8, 4) is 0 Å². The van der Waals surface area contributed by atoms with Crippen molar-refractivity contribution in [1.29, 1.82) is 0 Å². The number of carbonyl (C=O) groups is 3. The summed E-state index contributed by atoms with van der Waals surface area (Å²) in [6.45, 7) is 2.04. The lowest BCUT2D eigenvalue weighted by molar-refractivity contribution is -0.140. The number of hydrogen-bond donors (Lipinski definition) is 2. The van der Waals surface area contributed by atoms with Gasteiger partial charge < -0.3 is 15.1 Å². The van der Waals surface area contributed by atoms with Gasteiger partial charge in [-0.25, -0.2) is 0 Å². The Morgan fingerprint density at radius 3 is 2.25 bits per heavy atom. The molecule has 1 atom stereocenters. The number of aryl methyl sites for hydroxylation is 1. The molecule has 1 aliphatic rings. The van der Waals surface area contributed by atoms with Crippen LogP contribution in [0.4, 0.5) is 0 Å². The van der Waals surface area contributed by atoms with Gasteiger partial charge in [0.1, 0.15) is 5.76 Å². The molecule has 3 rings (SSSR count). The molecule has 2 N–H and O–H groups in total. The van der Waals surface area contributed by atoms with Crippen LogP contribution in [0.15, 0.2) is 60.2 Å².